The van der Waals surface area contributed by atoms with Crippen LogP contribution in [-0.2, 0) is 19.0 Å². The molecule has 1 atom stereocenters. The smallest absolute Gasteiger partial charge is 0.410 e. The molecular weight excluding hydrogens is 270 g/mol. The van der Waals surface area contributed by atoms with Crippen molar-refractivity contribution in [2.75, 3.05) is 26.5 Å². The topological polar surface area (TPSA) is 72.9 Å². The quantitative estimate of drug-likeness (QED) is 0.699. The average Bonchev–Trinajstić information content (AvgIpc) is 2.19. The maximum Gasteiger partial charge on any atom is 0.410 e. The summed E-state index contributed by atoms with van der Waals surface area (Å²) >= 11 is 0. The second-order valence-electron chi connectivity index (χ2n) is 5.78. The normalized spacial score (nSPS) is 14.0. The summed E-state index contributed by atoms with van der Waals surface area (Å²) in [6.45, 7) is 7.91. The van der Waals surface area contributed by atoms with E-state index in [1.807, 2.05) is 6.92 Å². The highest BCUT2D eigenvalue weighted by molar-refractivity contribution is 7.85. The molecule has 0 spiro atoms. The Morgan fingerprint density at radius 1 is 1.32 bits per heavy atom. The summed E-state index contributed by atoms with van der Waals surface area (Å²) in [5, 5.41) is 0. The molecule has 0 aliphatic carbocycles. The van der Waals surface area contributed by atoms with Gasteiger partial charge in [-0.25, -0.2) is 4.79 Å². The third-order valence-electron chi connectivity index (χ3n) is 2.23. The second kappa shape index (κ2) is 7.09. The molecule has 0 aromatic heterocycles. The highest BCUT2D eigenvalue weighted by Crippen LogP contribution is 2.11. The summed E-state index contributed by atoms with van der Waals surface area (Å²) < 4.78 is 31.6. The molecule has 0 heterocycles. The summed E-state index contributed by atoms with van der Waals surface area (Å²) in [5.74, 6) is 0.0413. The van der Waals surface area contributed by atoms with Gasteiger partial charge in [-0.15, -0.1) is 0 Å². The summed E-state index contributed by atoms with van der Waals surface area (Å²) in [4.78, 5) is 13.1. The van der Waals surface area contributed by atoms with Crippen LogP contribution in [0.15, 0.2) is 0 Å². The molecule has 0 aliphatic heterocycles. The number of hydrogen-bond donors (Lipinski definition) is 0. The number of carbonyl (C=O) groups excluding carboxylic acids is 1. The molecule has 1 unspecified atom stereocenters. The molecule has 0 radical (unpaired) electrons. The molecule has 0 saturated carbocycles. The van der Waals surface area contributed by atoms with Crippen LogP contribution in [0.1, 0.15) is 34.1 Å². The van der Waals surface area contributed by atoms with Crippen LogP contribution in [-0.4, -0.2) is 51.5 Å². The summed E-state index contributed by atoms with van der Waals surface area (Å²) in [6, 6.07) is 0. The molecule has 0 saturated heterocycles. The van der Waals surface area contributed by atoms with E-state index < -0.39 is 15.7 Å². The Morgan fingerprint density at radius 3 is 2.26 bits per heavy atom. The lowest BCUT2D eigenvalue weighted by Crippen LogP contribution is -2.35. The van der Waals surface area contributed by atoms with Gasteiger partial charge in [0.2, 0.25) is 0 Å². The fourth-order valence-electron chi connectivity index (χ4n) is 1.17. The van der Waals surface area contributed by atoms with E-state index in [1.54, 1.807) is 27.8 Å². The molecule has 0 bridgehead atoms. The molecule has 0 aliphatic rings. The highest BCUT2D eigenvalue weighted by Gasteiger charge is 2.19. The minimum absolute atomic E-state index is 0.0413. The minimum Gasteiger partial charge on any atom is -0.444 e. The summed E-state index contributed by atoms with van der Waals surface area (Å²) in [6.07, 6.45) is 1.28. The lowest BCUT2D eigenvalue weighted by Gasteiger charge is -2.25. The van der Waals surface area contributed by atoms with Crippen LogP contribution in [0.3, 0.4) is 0 Å². The van der Waals surface area contributed by atoms with Crippen molar-refractivity contribution in [3.8, 4) is 0 Å². The van der Waals surface area contributed by atoms with Gasteiger partial charge >= 0.3 is 6.09 Å². The van der Waals surface area contributed by atoms with Crippen molar-refractivity contribution in [3.05, 3.63) is 0 Å². The largest absolute Gasteiger partial charge is 0.444 e. The molecule has 0 N–H and O–H groups in total. The Morgan fingerprint density at radius 2 is 1.84 bits per heavy atom. The number of ether oxygens (including phenoxy) is 1. The molecule has 1 amide bonds. The van der Waals surface area contributed by atoms with Crippen molar-refractivity contribution in [3.63, 3.8) is 0 Å². The number of rotatable bonds is 6. The monoisotopic (exact) mass is 295 g/mol. The van der Waals surface area contributed by atoms with Gasteiger partial charge in [0.05, 0.1) is 12.9 Å². The zero-order chi connectivity index (χ0) is 15.3. The summed E-state index contributed by atoms with van der Waals surface area (Å²) in [5.41, 5.74) is -0.518. The van der Waals surface area contributed by atoms with Gasteiger partial charge in [-0.05, 0) is 33.1 Å². The Hall–Kier alpha value is -0.820. The van der Waals surface area contributed by atoms with Crippen LogP contribution in [0.4, 0.5) is 4.79 Å². The van der Waals surface area contributed by atoms with Crippen LogP contribution < -0.4 is 0 Å². The maximum atomic E-state index is 11.7. The lowest BCUT2D eigenvalue weighted by atomic mass is 10.1. The van der Waals surface area contributed by atoms with Gasteiger partial charge in [-0.2, -0.15) is 8.42 Å². The zero-order valence-electron chi connectivity index (χ0n) is 12.6. The highest BCUT2D eigenvalue weighted by atomic mass is 32.2. The van der Waals surface area contributed by atoms with Gasteiger partial charge in [0.1, 0.15) is 5.60 Å². The third kappa shape index (κ3) is 10.8. The Kier molecular flexibility index (Phi) is 6.79. The van der Waals surface area contributed by atoms with Crippen LogP contribution in [0.25, 0.3) is 0 Å². The first kappa shape index (κ1) is 18.2. The summed E-state index contributed by atoms with van der Waals surface area (Å²) in [7, 11) is -1.75. The first-order chi connectivity index (χ1) is 8.41. The van der Waals surface area contributed by atoms with Gasteiger partial charge in [0.25, 0.3) is 10.1 Å². The number of amides is 1. The van der Waals surface area contributed by atoms with Gasteiger partial charge in [-0.1, -0.05) is 6.92 Å². The Balaban J connectivity index is 4.02. The van der Waals surface area contributed by atoms with E-state index in [0.29, 0.717) is 13.0 Å². The van der Waals surface area contributed by atoms with Crippen LogP contribution in [0.5, 0.6) is 0 Å². The van der Waals surface area contributed by atoms with Crippen molar-refractivity contribution in [2.24, 2.45) is 5.92 Å². The van der Waals surface area contributed by atoms with Crippen molar-refractivity contribution in [1.82, 2.24) is 4.90 Å². The average molecular weight is 295 g/mol. The first-order valence-corrected chi connectivity index (χ1v) is 8.01. The molecule has 7 heteroatoms. The van der Waals surface area contributed by atoms with E-state index in [-0.39, 0.29) is 18.6 Å². The van der Waals surface area contributed by atoms with Crippen LogP contribution >= 0.6 is 0 Å². The Bertz CT molecular complexity index is 385. The Labute approximate surface area is 116 Å². The van der Waals surface area contributed by atoms with Crippen molar-refractivity contribution >= 4 is 16.2 Å². The molecule has 0 aromatic carbocycles. The van der Waals surface area contributed by atoms with E-state index in [0.717, 1.165) is 6.26 Å². The van der Waals surface area contributed by atoms with Gasteiger partial charge in [0.15, 0.2) is 0 Å². The van der Waals surface area contributed by atoms with Crippen LogP contribution in [0.2, 0.25) is 0 Å². The van der Waals surface area contributed by atoms with E-state index in [4.69, 9.17) is 8.92 Å². The van der Waals surface area contributed by atoms with Crippen molar-refractivity contribution in [1.29, 1.82) is 0 Å². The van der Waals surface area contributed by atoms with E-state index >= 15 is 0 Å². The SMILES string of the molecule is CC(CCN(C)C(=O)OC(C)(C)C)COS(C)(=O)=O. The molecule has 0 rings (SSSR count). The lowest BCUT2D eigenvalue weighted by molar-refractivity contribution is 0.0288. The van der Waals surface area contributed by atoms with E-state index in [9.17, 15) is 13.2 Å². The standard InChI is InChI=1S/C12H25NO5S/c1-10(9-17-19(6,15)16)7-8-13(5)11(14)18-12(2,3)4/h10H,7-9H2,1-6H3. The van der Waals surface area contributed by atoms with Crippen LogP contribution in [0, 0.1) is 5.92 Å². The molecular formula is C12H25NO5S. The maximum absolute atomic E-state index is 11.7. The second-order valence-corrected chi connectivity index (χ2v) is 7.43. The first-order valence-electron chi connectivity index (χ1n) is 6.19. The molecule has 6 nitrogen and oxygen atoms in total. The minimum atomic E-state index is -3.40. The third-order valence-corrected chi connectivity index (χ3v) is 2.79. The molecule has 0 aromatic rings. The van der Waals surface area contributed by atoms with Gasteiger partial charge in [-0.3, -0.25) is 4.18 Å². The fourth-order valence-corrected chi connectivity index (χ4v) is 1.65. The van der Waals surface area contributed by atoms with E-state index in [1.165, 1.54) is 4.90 Å². The molecule has 0 fully saturated rings. The van der Waals surface area contributed by atoms with Gasteiger partial charge < -0.3 is 9.64 Å². The predicted molar refractivity (Wildman–Crippen MR) is 73.4 cm³/mol. The number of hydrogen-bond acceptors (Lipinski definition) is 5. The predicted octanol–water partition coefficient (Wildman–Crippen LogP) is 1.86. The van der Waals surface area contributed by atoms with E-state index in [2.05, 4.69) is 0 Å². The fraction of sp³-hybridized carbons (Fsp3) is 0.917. The van der Waals surface area contributed by atoms with Crippen molar-refractivity contribution < 1.29 is 22.1 Å². The zero-order valence-corrected chi connectivity index (χ0v) is 13.4. The molecule has 19 heavy (non-hydrogen) atoms. The number of nitrogens with zero attached hydrogens (tertiary/aromatic N) is 1. The molecule has 114 valence electrons. The van der Waals surface area contributed by atoms with Gasteiger partial charge in [0, 0.05) is 13.6 Å². The van der Waals surface area contributed by atoms with Crippen molar-refractivity contribution in [2.45, 2.75) is 39.7 Å². The number of carbonyl (C=O) groups is 1.